The van der Waals surface area contributed by atoms with Crippen molar-refractivity contribution >= 4 is 23.3 Å². The van der Waals surface area contributed by atoms with Crippen molar-refractivity contribution in [2.45, 2.75) is 0 Å². The third-order valence-corrected chi connectivity index (χ3v) is 5.57. The van der Waals surface area contributed by atoms with Crippen molar-refractivity contribution < 1.29 is 14.3 Å². The highest BCUT2D eigenvalue weighted by Gasteiger charge is 2.25. The Kier molecular flexibility index (Phi) is 6.23. The van der Waals surface area contributed by atoms with E-state index in [0.717, 1.165) is 17.1 Å². The highest BCUT2D eigenvalue weighted by Crippen LogP contribution is 2.27. The molecular formula is C23H23ClN4O3. The largest absolute Gasteiger partial charge is 0.497 e. The Morgan fingerprint density at radius 1 is 0.903 bits per heavy atom. The maximum atomic E-state index is 13.0. The first-order valence-electron chi connectivity index (χ1n) is 9.95. The lowest BCUT2D eigenvalue weighted by atomic mass is 10.1. The lowest BCUT2D eigenvalue weighted by molar-refractivity contribution is 0.0743. The van der Waals surface area contributed by atoms with Crippen LogP contribution in [-0.2, 0) is 0 Å². The number of aromatic nitrogens is 2. The summed E-state index contributed by atoms with van der Waals surface area (Å²) in [5.41, 5.74) is 2.29. The van der Waals surface area contributed by atoms with E-state index in [1.165, 1.54) is 0 Å². The summed E-state index contributed by atoms with van der Waals surface area (Å²) < 4.78 is 10.6. The second kappa shape index (κ2) is 9.22. The Bertz CT molecular complexity index is 1050. The zero-order valence-corrected chi connectivity index (χ0v) is 18.2. The van der Waals surface area contributed by atoms with Crippen molar-refractivity contribution in [3.63, 3.8) is 0 Å². The molecule has 0 atom stereocenters. The van der Waals surface area contributed by atoms with Crippen LogP contribution in [0.4, 0.5) is 5.82 Å². The van der Waals surface area contributed by atoms with Gasteiger partial charge in [0.25, 0.3) is 5.91 Å². The second-order valence-electron chi connectivity index (χ2n) is 7.13. The Morgan fingerprint density at radius 2 is 1.65 bits per heavy atom. The number of nitrogens with zero attached hydrogens (tertiary/aromatic N) is 4. The first-order chi connectivity index (χ1) is 15.1. The number of ether oxygens (including phenoxy) is 2. The summed E-state index contributed by atoms with van der Waals surface area (Å²) in [6, 6.07) is 16.7. The van der Waals surface area contributed by atoms with Crippen molar-refractivity contribution in [3.05, 3.63) is 65.2 Å². The van der Waals surface area contributed by atoms with E-state index in [1.54, 1.807) is 32.4 Å². The number of benzene rings is 2. The van der Waals surface area contributed by atoms with Gasteiger partial charge in [-0.3, -0.25) is 4.79 Å². The van der Waals surface area contributed by atoms with Crippen LogP contribution in [-0.4, -0.2) is 61.4 Å². The van der Waals surface area contributed by atoms with E-state index in [-0.39, 0.29) is 5.91 Å². The van der Waals surface area contributed by atoms with Crippen LogP contribution in [0.5, 0.6) is 11.5 Å². The van der Waals surface area contributed by atoms with Gasteiger partial charge in [-0.25, -0.2) is 0 Å². The highest BCUT2D eigenvalue weighted by atomic mass is 35.5. The Balaban J connectivity index is 1.40. The van der Waals surface area contributed by atoms with E-state index in [1.807, 2.05) is 41.3 Å². The number of carbonyl (C=O) groups is 1. The molecule has 0 bridgehead atoms. The molecule has 0 radical (unpaired) electrons. The van der Waals surface area contributed by atoms with Crippen LogP contribution in [0.1, 0.15) is 10.4 Å². The molecule has 2 heterocycles. The molecule has 1 fully saturated rings. The molecule has 2 aromatic carbocycles. The molecule has 0 N–H and O–H groups in total. The number of amides is 1. The number of carbonyl (C=O) groups excluding carboxylic acids is 1. The van der Waals surface area contributed by atoms with Crippen LogP contribution in [0.15, 0.2) is 54.6 Å². The highest BCUT2D eigenvalue weighted by molar-refractivity contribution is 6.30. The zero-order chi connectivity index (χ0) is 21.8. The third kappa shape index (κ3) is 4.56. The zero-order valence-electron chi connectivity index (χ0n) is 17.4. The Labute approximate surface area is 186 Å². The molecule has 3 aromatic rings. The minimum atomic E-state index is -0.0525. The molecular weight excluding hydrogens is 416 g/mol. The van der Waals surface area contributed by atoms with E-state index in [2.05, 4.69) is 15.1 Å². The molecule has 1 saturated heterocycles. The van der Waals surface area contributed by atoms with Gasteiger partial charge in [0, 0.05) is 42.8 Å². The maximum Gasteiger partial charge on any atom is 0.257 e. The van der Waals surface area contributed by atoms with Gasteiger partial charge in [0.1, 0.15) is 11.5 Å². The van der Waals surface area contributed by atoms with E-state index < -0.39 is 0 Å². The number of hydrogen-bond donors (Lipinski definition) is 0. The first kappa shape index (κ1) is 20.9. The van der Waals surface area contributed by atoms with Gasteiger partial charge in [-0.2, -0.15) is 0 Å². The monoisotopic (exact) mass is 438 g/mol. The smallest absolute Gasteiger partial charge is 0.257 e. The SMILES string of the molecule is COc1ccc(C(=O)N2CCN(c3ccc(-c4ccc(Cl)cc4)nn3)CC2)c(OC)c1. The number of hydrogen-bond acceptors (Lipinski definition) is 6. The van der Waals surface area contributed by atoms with Crippen molar-refractivity contribution in [1.29, 1.82) is 0 Å². The standard InChI is InChI=1S/C23H23ClN4O3/c1-30-18-7-8-19(21(15-18)31-2)23(29)28-13-11-27(12-14-28)22-10-9-20(25-26-22)16-3-5-17(24)6-4-16/h3-10,15H,11-14H2,1-2H3. The molecule has 0 unspecified atom stereocenters. The molecule has 0 aliphatic carbocycles. The Morgan fingerprint density at radius 3 is 2.26 bits per heavy atom. The fourth-order valence-corrected chi connectivity index (χ4v) is 3.68. The van der Waals surface area contributed by atoms with Gasteiger partial charge in [-0.15, -0.1) is 10.2 Å². The maximum absolute atomic E-state index is 13.0. The van der Waals surface area contributed by atoms with Gasteiger partial charge >= 0.3 is 0 Å². The predicted octanol–water partition coefficient (Wildman–Crippen LogP) is 3.78. The normalized spacial score (nSPS) is 13.8. The number of anilines is 1. The molecule has 160 valence electrons. The number of rotatable bonds is 5. The van der Waals surface area contributed by atoms with Gasteiger partial charge in [-0.05, 0) is 36.4 Å². The molecule has 1 aliphatic heterocycles. The van der Waals surface area contributed by atoms with Crippen LogP contribution >= 0.6 is 11.6 Å². The lowest BCUT2D eigenvalue weighted by Gasteiger charge is -2.35. The van der Waals surface area contributed by atoms with Crippen LogP contribution in [0.2, 0.25) is 5.02 Å². The average Bonchev–Trinajstić information content (AvgIpc) is 2.84. The predicted molar refractivity (Wildman–Crippen MR) is 120 cm³/mol. The molecule has 8 heteroatoms. The Hall–Kier alpha value is -3.32. The summed E-state index contributed by atoms with van der Waals surface area (Å²) in [6.07, 6.45) is 0. The number of methoxy groups -OCH3 is 2. The van der Waals surface area contributed by atoms with E-state index in [9.17, 15) is 4.79 Å². The second-order valence-corrected chi connectivity index (χ2v) is 7.57. The number of piperazine rings is 1. The minimum absolute atomic E-state index is 0.0525. The van der Waals surface area contributed by atoms with E-state index in [4.69, 9.17) is 21.1 Å². The van der Waals surface area contributed by atoms with Crippen molar-refractivity contribution in [2.75, 3.05) is 45.3 Å². The van der Waals surface area contributed by atoms with Crippen LogP contribution in [0.25, 0.3) is 11.3 Å². The van der Waals surface area contributed by atoms with Gasteiger partial charge in [0.15, 0.2) is 5.82 Å². The summed E-state index contributed by atoms with van der Waals surface area (Å²) in [4.78, 5) is 17.0. The van der Waals surface area contributed by atoms with Crippen LogP contribution in [0.3, 0.4) is 0 Å². The fourth-order valence-electron chi connectivity index (χ4n) is 3.55. The van der Waals surface area contributed by atoms with E-state index in [0.29, 0.717) is 48.3 Å². The van der Waals surface area contributed by atoms with Gasteiger partial charge in [0.2, 0.25) is 0 Å². The van der Waals surface area contributed by atoms with Crippen molar-refractivity contribution in [2.24, 2.45) is 0 Å². The molecule has 31 heavy (non-hydrogen) atoms. The topological polar surface area (TPSA) is 67.8 Å². The van der Waals surface area contributed by atoms with Crippen LogP contribution in [0, 0.1) is 0 Å². The summed E-state index contributed by atoms with van der Waals surface area (Å²) >= 11 is 5.95. The molecule has 0 spiro atoms. The summed E-state index contributed by atoms with van der Waals surface area (Å²) in [5.74, 6) is 1.91. The number of halogens is 1. The summed E-state index contributed by atoms with van der Waals surface area (Å²) in [5, 5.41) is 9.42. The quantitative estimate of drug-likeness (QED) is 0.604. The molecule has 1 aliphatic rings. The van der Waals surface area contributed by atoms with Gasteiger partial charge < -0.3 is 19.3 Å². The average molecular weight is 439 g/mol. The van der Waals surface area contributed by atoms with Crippen LogP contribution < -0.4 is 14.4 Å². The fraction of sp³-hybridized carbons (Fsp3) is 0.261. The molecule has 7 nitrogen and oxygen atoms in total. The third-order valence-electron chi connectivity index (χ3n) is 5.32. The van der Waals surface area contributed by atoms with Crippen molar-refractivity contribution in [1.82, 2.24) is 15.1 Å². The molecule has 1 aromatic heterocycles. The molecule has 4 rings (SSSR count). The summed E-state index contributed by atoms with van der Waals surface area (Å²) in [7, 11) is 3.14. The molecule has 1 amide bonds. The van der Waals surface area contributed by atoms with Gasteiger partial charge in [0.05, 0.1) is 25.5 Å². The first-order valence-corrected chi connectivity index (χ1v) is 10.3. The summed E-state index contributed by atoms with van der Waals surface area (Å²) in [6.45, 7) is 2.54. The lowest BCUT2D eigenvalue weighted by Crippen LogP contribution is -2.49. The minimum Gasteiger partial charge on any atom is -0.497 e. The molecule has 0 saturated carbocycles. The van der Waals surface area contributed by atoms with Crippen molar-refractivity contribution in [3.8, 4) is 22.8 Å². The van der Waals surface area contributed by atoms with Gasteiger partial charge in [-0.1, -0.05) is 23.7 Å². The van der Waals surface area contributed by atoms with E-state index >= 15 is 0 Å².